The van der Waals surface area contributed by atoms with Crippen LogP contribution in [0.5, 0.6) is 0 Å². The number of amides is 4. The Morgan fingerprint density at radius 2 is 1.13 bits per heavy atom. The van der Waals surface area contributed by atoms with Gasteiger partial charge in [0.05, 0.1) is 0 Å². The Labute approximate surface area is 389 Å². The number of aromatic nitrogens is 6. The van der Waals surface area contributed by atoms with Crippen LogP contribution in [0.25, 0.3) is 44.3 Å². The van der Waals surface area contributed by atoms with Crippen LogP contribution in [0.3, 0.4) is 0 Å². The van der Waals surface area contributed by atoms with Gasteiger partial charge in [0, 0.05) is 98.8 Å². The molecule has 2 aliphatic heterocycles. The third-order valence-electron chi connectivity index (χ3n) is 11.4. The van der Waals surface area contributed by atoms with Crippen molar-refractivity contribution in [2.75, 3.05) is 61.5 Å². The topological polar surface area (TPSA) is 190 Å². The highest BCUT2D eigenvalue weighted by Gasteiger charge is 2.38. The number of benzene rings is 2. The van der Waals surface area contributed by atoms with Crippen molar-refractivity contribution in [3.8, 4) is 28.3 Å². The summed E-state index contributed by atoms with van der Waals surface area (Å²) in [5.74, 6) is -0.298. The predicted molar refractivity (Wildman–Crippen MR) is 245 cm³/mol. The van der Waals surface area contributed by atoms with Crippen LogP contribution in [0.1, 0.15) is 42.5 Å². The van der Waals surface area contributed by atoms with E-state index in [1.165, 1.54) is 9.80 Å². The molecule has 0 unspecified atom stereocenters. The Bertz CT molecular complexity index is 2880. The molecule has 15 nitrogen and oxygen atoms in total. The summed E-state index contributed by atoms with van der Waals surface area (Å²) in [7, 11) is 3.41. The van der Waals surface area contributed by atoms with Crippen molar-refractivity contribution in [1.29, 1.82) is 5.26 Å². The maximum atomic E-state index is 12.7. The predicted octanol–water partition coefficient (Wildman–Crippen LogP) is 10.3. The summed E-state index contributed by atoms with van der Waals surface area (Å²) in [5, 5.41) is 22.4. The van der Waals surface area contributed by atoms with Crippen molar-refractivity contribution in [1.82, 2.24) is 39.7 Å². The molecule has 67 heavy (non-hydrogen) atoms. The van der Waals surface area contributed by atoms with E-state index in [-0.39, 0.29) is 25.3 Å². The number of halogens is 7. The first-order valence-electron chi connectivity index (χ1n) is 21.0. The summed E-state index contributed by atoms with van der Waals surface area (Å²) >= 11 is 3.52. The second kappa shape index (κ2) is 19.9. The number of nitrogens with zero attached hydrogens (tertiary/aromatic N) is 9. The van der Waals surface area contributed by atoms with Crippen molar-refractivity contribution in [2.45, 2.75) is 51.9 Å². The number of hydrogen-bond donors (Lipinski definition) is 4. The van der Waals surface area contributed by atoms with Crippen molar-refractivity contribution in [2.24, 2.45) is 11.8 Å². The molecule has 2 atom stereocenters. The van der Waals surface area contributed by atoms with E-state index in [0.29, 0.717) is 75.1 Å². The van der Waals surface area contributed by atoms with Gasteiger partial charge in [-0.15, -0.1) is 0 Å². The zero-order valence-electron chi connectivity index (χ0n) is 36.6. The third-order valence-corrected chi connectivity index (χ3v) is 12.0. The Balaban J connectivity index is 0.000000199. The molecule has 0 aliphatic carbocycles. The van der Waals surface area contributed by atoms with Crippen LogP contribution in [0.4, 0.5) is 59.2 Å². The van der Waals surface area contributed by atoms with E-state index in [2.05, 4.69) is 73.2 Å². The van der Waals surface area contributed by atoms with Gasteiger partial charge in [-0.2, -0.15) is 41.6 Å². The van der Waals surface area contributed by atoms with Gasteiger partial charge in [0.25, 0.3) is 0 Å². The largest absolute Gasteiger partial charge is 0.389 e. The first-order chi connectivity index (χ1) is 31.8. The molecule has 4 amide bonds. The summed E-state index contributed by atoms with van der Waals surface area (Å²) < 4.78 is 76.6. The van der Waals surface area contributed by atoms with E-state index < -0.39 is 49.1 Å². The number of nitrogens with one attached hydrogen (secondary N) is 4. The molecule has 350 valence electrons. The zero-order valence-corrected chi connectivity index (χ0v) is 38.2. The van der Waals surface area contributed by atoms with Gasteiger partial charge >= 0.3 is 24.4 Å². The number of hydrogen-bond acceptors (Lipinski definition) is 11. The molecule has 2 saturated heterocycles. The fraction of sp³-hybridized carbons (Fsp3) is 0.356. The second-order valence-electron chi connectivity index (χ2n) is 16.3. The molecular formula is C45H44BrF6N13O2. The van der Waals surface area contributed by atoms with Crippen molar-refractivity contribution >= 4 is 73.3 Å². The molecule has 0 spiro atoms. The SMILES string of the molecule is CNc1ncc2cc(-c3cc(NC(=O)N4CC[C@@H](CC(F)(F)F)C4)ccc3C)c(Br)nc2n1.CNc1ncc2cc(-c3cc(NC(=O)N4CC[C@@H](CC(F)(F)F)C4)ccc3C)c(C#N)nc2n1. The summed E-state index contributed by atoms with van der Waals surface area (Å²) in [4.78, 5) is 54.1. The van der Waals surface area contributed by atoms with E-state index in [0.717, 1.165) is 27.6 Å². The summed E-state index contributed by atoms with van der Waals surface area (Å²) in [6.45, 7) is 4.55. The molecule has 4 aromatic heterocycles. The maximum Gasteiger partial charge on any atom is 0.389 e. The lowest BCUT2D eigenvalue weighted by molar-refractivity contribution is -0.144. The average Bonchev–Trinajstić information content (AvgIpc) is 3.95. The molecule has 22 heteroatoms. The first-order valence-corrected chi connectivity index (χ1v) is 21.8. The lowest BCUT2D eigenvalue weighted by Gasteiger charge is -2.19. The first kappa shape index (κ1) is 48.1. The number of aryl methyl sites for hydroxylation is 2. The fourth-order valence-corrected chi connectivity index (χ4v) is 8.53. The van der Waals surface area contributed by atoms with Crippen molar-refractivity contribution in [3.63, 3.8) is 0 Å². The van der Waals surface area contributed by atoms with Crippen LogP contribution >= 0.6 is 15.9 Å². The molecular weight excluding hydrogens is 948 g/mol. The van der Waals surface area contributed by atoms with Gasteiger partial charge in [0.2, 0.25) is 11.9 Å². The number of carbonyl (C=O) groups excluding carboxylic acids is 2. The van der Waals surface area contributed by atoms with Crippen LogP contribution in [0.2, 0.25) is 0 Å². The third kappa shape index (κ3) is 11.9. The van der Waals surface area contributed by atoms with Crippen LogP contribution in [0.15, 0.2) is 65.5 Å². The van der Waals surface area contributed by atoms with E-state index >= 15 is 0 Å². The summed E-state index contributed by atoms with van der Waals surface area (Å²) in [5.41, 5.74) is 6.85. The molecule has 2 aromatic carbocycles. The van der Waals surface area contributed by atoms with Gasteiger partial charge in [-0.1, -0.05) is 12.1 Å². The number of carbonyl (C=O) groups is 2. The van der Waals surface area contributed by atoms with Gasteiger partial charge in [-0.3, -0.25) is 0 Å². The second-order valence-corrected chi connectivity index (χ2v) is 17.0. The highest BCUT2D eigenvalue weighted by Crippen LogP contribution is 2.36. The number of alkyl halides is 6. The lowest BCUT2D eigenvalue weighted by atomic mass is 9.98. The molecule has 6 aromatic rings. The smallest absolute Gasteiger partial charge is 0.357 e. The minimum Gasteiger partial charge on any atom is -0.357 e. The number of fused-ring (bicyclic) bond motifs is 2. The van der Waals surface area contributed by atoms with Crippen LogP contribution in [0, 0.1) is 37.0 Å². The number of pyridine rings is 2. The van der Waals surface area contributed by atoms with Crippen molar-refractivity contribution in [3.05, 3.63) is 82.3 Å². The Morgan fingerprint density at radius 1 is 0.687 bits per heavy atom. The van der Waals surface area contributed by atoms with E-state index in [1.54, 1.807) is 56.8 Å². The standard InChI is InChI=1S/C23H22F3N7O.C22H22BrF3N6O/c1-13-3-4-16(30-22(34)33-6-5-14(12-33)9-23(24,25)26)8-17(13)18-7-15-11-29-21(28-2)32-20(15)31-19(18)10-27;1-12-3-4-15(29-21(33)32-6-5-13(11-32)9-22(24,25)26)8-16(12)17-7-14-10-28-20(27-2)31-19(14)30-18(17)23/h3-4,7-8,11,14H,5-6,9,12H2,1-2H3,(H,30,34)(H,28,29,31,32);3-4,7-8,10,13H,5-6,9,11H2,1-2H3,(H,29,33)(H,27,28,30,31)/t14-;13-/m00/s1. The average molecular weight is 993 g/mol. The molecule has 2 aliphatic rings. The molecule has 6 heterocycles. The van der Waals surface area contributed by atoms with E-state index in [9.17, 15) is 41.2 Å². The fourth-order valence-electron chi connectivity index (χ4n) is 8.03. The monoisotopic (exact) mass is 991 g/mol. The number of urea groups is 2. The minimum absolute atomic E-state index is 0.0614. The molecule has 8 rings (SSSR count). The van der Waals surface area contributed by atoms with Gasteiger partial charge in [0.1, 0.15) is 10.7 Å². The van der Waals surface area contributed by atoms with Gasteiger partial charge < -0.3 is 31.1 Å². The molecule has 4 N–H and O–H groups in total. The molecule has 0 saturated carbocycles. The van der Waals surface area contributed by atoms with E-state index in [4.69, 9.17) is 0 Å². The highest BCUT2D eigenvalue weighted by atomic mass is 79.9. The summed E-state index contributed by atoms with van der Waals surface area (Å²) in [6, 6.07) is 15.6. The Morgan fingerprint density at radius 3 is 1.58 bits per heavy atom. The maximum absolute atomic E-state index is 12.7. The Kier molecular flexibility index (Phi) is 14.3. The minimum atomic E-state index is -4.24. The number of anilines is 4. The van der Waals surface area contributed by atoms with Gasteiger partial charge in [-0.25, -0.2) is 29.5 Å². The number of likely N-dealkylation sites (tertiary alicyclic amines) is 2. The number of rotatable bonds is 8. The summed E-state index contributed by atoms with van der Waals surface area (Å²) in [6.07, 6.45) is -6.26. The van der Waals surface area contributed by atoms with Crippen LogP contribution < -0.4 is 21.3 Å². The quantitative estimate of drug-likeness (QED) is 0.0839. The highest BCUT2D eigenvalue weighted by molar-refractivity contribution is 9.10. The molecule has 0 radical (unpaired) electrons. The van der Waals surface area contributed by atoms with Gasteiger partial charge in [0.15, 0.2) is 17.0 Å². The van der Waals surface area contributed by atoms with Crippen molar-refractivity contribution < 1.29 is 35.9 Å². The molecule has 0 bridgehead atoms. The Hall–Kier alpha value is -6.89. The number of nitriles is 1. The van der Waals surface area contributed by atoms with Crippen LogP contribution in [-0.4, -0.2) is 104 Å². The van der Waals surface area contributed by atoms with E-state index in [1.807, 2.05) is 32.0 Å². The molecule has 2 fully saturated rings. The zero-order chi connectivity index (χ0) is 48.2. The van der Waals surface area contributed by atoms with Gasteiger partial charge in [-0.05, 0) is 113 Å². The lowest BCUT2D eigenvalue weighted by Crippen LogP contribution is -2.33. The van der Waals surface area contributed by atoms with Crippen LogP contribution in [-0.2, 0) is 0 Å². The normalized spacial score (nSPS) is 16.1.